The van der Waals surface area contributed by atoms with Crippen molar-refractivity contribution in [2.24, 2.45) is 0 Å². The summed E-state index contributed by atoms with van der Waals surface area (Å²) in [5.74, 6) is -0.0957. The van der Waals surface area contributed by atoms with Crippen molar-refractivity contribution in [3.63, 3.8) is 0 Å². The Morgan fingerprint density at radius 3 is 2.30 bits per heavy atom. The summed E-state index contributed by atoms with van der Waals surface area (Å²) in [4.78, 5) is 28.1. The van der Waals surface area contributed by atoms with Gasteiger partial charge < -0.3 is 14.5 Å². The SMILES string of the molecule is CC(C)(C)OC(=O)N1CCCN(C(=O)c2ccccc2Cl)CC1. The van der Waals surface area contributed by atoms with Gasteiger partial charge in [-0.1, -0.05) is 23.7 Å². The average Bonchev–Trinajstić information content (AvgIpc) is 2.71. The molecule has 126 valence electrons. The summed E-state index contributed by atoms with van der Waals surface area (Å²) in [7, 11) is 0. The highest BCUT2D eigenvalue weighted by atomic mass is 35.5. The molecule has 0 saturated carbocycles. The maximum absolute atomic E-state index is 12.6. The maximum Gasteiger partial charge on any atom is 0.410 e. The van der Waals surface area contributed by atoms with Gasteiger partial charge in [0.1, 0.15) is 5.60 Å². The standard InChI is InChI=1S/C17H23ClN2O3/c1-17(2,3)23-16(22)20-10-6-9-19(11-12-20)15(21)13-7-4-5-8-14(13)18/h4-5,7-8H,6,9-12H2,1-3H3. The van der Waals surface area contributed by atoms with Crippen molar-refractivity contribution in [3.05, 3.63) is 34.9 Å². The van der Waals surface area contributed by atoms with Gasteiger partial charge in [-0.3, -0.25) is 4.79 Å². The van der Waals surface area contributed by atoms with E-state index in [9.17, 15) is 9.59 Å². The third-order valence-electron chi connectivity index (χ3n) is 3.54. The van der Waals surface area contributed by atoms with Crippen molar-refractivity contribution in [1.82, 2.24) is 9.80 Å². The van der Waals surface area contributed by atoms with Crippen molar-refractivity contribution in [2.75, 3.05) is 26.2 Å². The molecular weight excluding hydrogens is 316 g/mol. The highest BCUT2D eigenvalue weighted by Crippen LogP contribution is 2.18. The molecule has 0 aromatic heterocycles. The zero-order valence-corrected chi connectivity index (χ0v) is 14.6. The molecule has 0 spiro atoms. The minimum Gasteiger partial charge on any atom is -0.444 e. The third-order valence-corrected chi connectivity index (χ3v) is 3.87. The van der Waals surface area contributed by atoms with Gasteiger partial charge in [0.2, 0.25) is 0 Å². The fraction of sp³-hybridized carbons (Fsp3) is 0.529. The number of carbonyl (C=O) groups is 2. The molecule has 2 rings (SSSR count). The third kappa shape index (κ3) is 4.86. The molecule has 0 bridgehead atoms. The Hall–Kier alpha value is -1.75. The highest BCUT2D eigenvalue weighted by Gasteiger charge is 2.26. The molecule has 1 aromatic carbocycles. The van der Waals surface area contributed by atoms with E-state index in [0.717, 1.165) is 6.42 Å². The van der Waals surface area contributed by atoms with Crippen LogP contribution in [0, 0.1) is 0 Å². The van der Waals surface area contributed by atoms with E-state index in [0.29, 0.717) is 36.8 Å². The van der Waals surface area contributed by atoms with E-state index in [4.69, 9.17) is 16.3 Å². The first-order chi connectivity index (χ1) is 10.8. The zero-order chi connectivity index (χ0) is 17.0. The Morgan fingerprint density at radius 1 is 1.04 bits per heavy atom. The first kappa shape index (κ1) is 17.6. The van der Waals surface area contributed by atoms with E-state index in [-0.39, 0.29) is 12.0 Å². The van der Waals surface area contributed by atoms with Crippen LogP contribution in [0.2, 0.25) is 5.02 Å². The van der Waals surface area contributed by atoms with E-state index in [1.165, 1.54) is 0 Å². The van der Waals surface area contributed by atoms with Gasteiger partial charge in [-0.25, -0.2) is 4.79 Å². The molecule has 0 unspecified atom stereocenters. The molecule has 0 radical (unpaired) electrons. The van der Waals surface area contributed by atoms with Gasteiger partial charge in [0.15, 0.2) is 0 Å². The van der Waals surface area contributed by atoms with Gasteiger partial charge >= 0.3 is 6.09 Å². The predicted molar refractivity (Wildman–Crippen MR) is 89.8 cm³/mol. The van der Waals surface area contributed by atoms with Gasteiger partial charge in [-0.15, -0.1) is 0 Å². The van der Waals surface area contributed by atoms with Crippen LogP contribution in [0.4, 0.5) is 4.79 Å². The number of amides is 2. The summed E-state index contributed by atoms with van der Waals surface area (Å²) in [6.07, 6.45) is 0.389. The first-order valence-corrected chi connectivity index (χ1v) is 8.17. The van der Waals surface area contributed by atoms with Crippen molar-refractivity contribution in [1.29, 1.82) is 0 Å². The molecule has 6 heteroatoms. The van der Waals surface area contributed by atoms with E-state index in [1.807, 2.05) is 20.8 Å². The van der Waals surface area contributed by atoms with Crippen LogP contribution in [0.3, 0.4) is 0 Å². The van der Waals surface area contributed by atoms with Crippen LogP contribution >= 0.6 is 11.6 Å². The fourth-order valence-electron chi connectivity index (χ4n) is 2.43. The Bertz CT molecular complexity index is 583. The molecule has 1 fully saturated rings. The van der Waals surface area contributed by atoms with E-state index < -0.39 is 5.60 Å². The second-order valence-corrected chi connectivity index (χ2v) is 7.00. The predicted octanol–water partition coefficient (Wildman–Crippen LogP) is 3.42. The number of rotatable bonds is 1. The molecule has 1 aliphatic rings. The van der Waals surface area contributed by atoms with Crippen LogP contribution in [0.25, 0.3) is 0 Å². The maximum atomic E-state index is 12.6. The van der Waals surface area contributed by atoms with Crippen LogP contribution in [0.5, 0.6) is 0 Å². The van der Waals surface area contributed by atoms with E-state index in [2.05, 4.69) is 0 Å². The number of nitrogens with zero attached hydrogens (tertiary/aromatic N) is 2. The van der Waals surface area contributed by atoms with Gasteiger partial charge in [-0.2, -0.15) is 0 Å². The molecule has 1 heterocycles. The number of halogens is 1. The van der Waals surface area contributed by atoms with Crippen LogP contribution in [0.15, 0.2) is 24.3 Å². The molecule has 2 amide bonds. The van der Waals surface area contributed by atoms with Crippen LogP contribution in [-0.4, -0.2) is 53.6 Å². The monoisotopic (exact) mass is 338 g/mol. The molecule has 1 saturated heterocycles. The Labute approximate surface area is 142 Å². The number of benzene rings is 1. The lowest BCUT2D eigenvalue weighted by molar-refractivity contribution is 0.0255. The summed E-state index contributed by atoms with van der Waals surface area (Å²) >= 11 is 6.10. The van der Waals surface area contributed by atoms with E-state index in [1.54, 1.807) is 34.1 Å². The van der Waals surface area contributed by atoms with Gasteiger partial charge in [0.05, 0.1) is 10.6 Å². The lowest BCUT2D eigenvalue weighted by Gasteiger charge is -2.26. The summed E-state index contributed by atoms with van der Waals surface area (Å²) in [5, 5.41) is 0.450. The number of hydrogen-bond acceptors (Lipinski definition) is 3. The summed E-state index contributed by atoms with van der Waals surface area (Å²) in [6.45, 7) is 7.65. The smallest absolute Gasteiger partial charge is 0.410 e. The minimum atomic E-state index is -0.517. The molecule has 0 N–H and O–H groups in total. The quantitative estimate of drug-likeness (QED) is 0.788. The van der Waals surface area contributed by atoms with Gasteiger partial charge in [0, 0.05) is 26.2 Å². The number of carbonyl (C=O) groups excluding carboxylic acids is 2. The average molecular weight is 339 g/mol. The van der Waals surface area contributed by atoms with Gasteiger partial charge in [0.25, 0.3) is 5.91 Å². The molecule has 1 aliphatic heterocycles. The Kier molecular flexibility index (Phi) is 5.52. The summed E-state index contributed by atoms with van der Waals surface area (Å²) < 4.78 is 5.39. The van der Waals surface area contributed by atoms with Crippen LogP contribution in [0.1, 0.15) is 37.6 Å². The number of ether oxygens (including phenoxy) is 1. The summed E-state index contributed by atoms with van der Waals surface area (Å²) in [6, 6.07) is 7.02. The van der Waals surface area contributed by atoms with Crippen LogP contribution in [-0.2, 0) is 4.74 Å². The Morgan fingerprint density at radius 2 is 1.65 bits per heavy atom. The lowest BCUT2D eigenvalue weighted by atomic mass is 10.2. The van der Waals surface area contributed by atoms with Crippen molar-refractivity contribution in [2.45, 2.75) is 32.8 Å². The minimum absolute atomic E-state index is 0.0957. The van der Waals surface area contributed by atoms with Crippen molar-refractivity contribution in [3.8, 4) is 0 Å². The lowest BCUT2D eigenvalue weighted by Crippen LogP contribution is -2.40. The van der Waals surface area contributed by atoms with Gasteiger partial charge in [-0.05, 0) is 39.3 Å². The zero-order valence-electron chi connectivity index (χ0n) is 13.8. The van der Waals surface area contributed by atoms with Crippen molar-refractivity contribution < 1.29 is 14.3 Å². The highest BCUT2D eigenvalue weighted by molar-refractivity contribution is 6.33. The second kappa shape index (κ2) is 7.21. The molecule has 0 atom stereocenters. The number of hydrogen-bond donors (Lipinski definition) is 0. The van der Waals surface area contributed by atoms with Crippen LogP contribution < -0.4 is 0 Å². The molecule has 1 aromatic rings. The van der Waals surface area contributed by atoms with E-state index >= 15 is 0 Å². The molecule has 0 aliphatic carbocycles. The Balaban J connectivity index is 2.00. The molecular formula is C17H23ClN2O3. The summed E-state index contributed by atoms with van der Waals surface area (Å²) in [5.41, 5.74) is -0.0175. The normalized spacial score (nSPS) is 16.0. The molecule has 23 heavy (non-hydrogen) atoms. The molecule has 5 nitrogen and oxygen atoms in total. The largest absolute Gasteiger partial charge is 0.444 e. The van der Waals surface area contributed by atoms with Crippen molar-refractivity contribution >= 4 is 23.6 Å². The second-order valence-electron chi connectivity index (χ2n) is 6.59. The first-order valence-electron chi connectivity index (χ1n) is 7.79. The topological polar surface area (TPSA) is 49.9 Å². The fourth-order valence-corrected chi connectivity index (χ4v) is 2.65.